The van der Waals surface area contributed by atoms with Gasteiger partial charge in [-0.25, -0.2) is 8.42 Å². The second-order valence-electron chi connectivity index (χ2n) is 5.06. The van der Waals surface area contributed by atoms with Crippen LogP contribution in [0.3, 0.4) is 0 Å². The topological polar surface area (TPSA) is 72.5 Å². The van der Waals surface area contributed by atoms with Gasteiger partial charge in [-0.15, -0.1) is 0 Å². The molecular weight excluding hydrogens is 314 g/mol. The molecule has 0 spiro atoms. The van der Waals surface area contributed by atoms with Gasteiger partial charge in [-0.05, 0) is 36.6 Å². The molecular formula is C14H18ClNO4S. The number of benzene rings is 1. The normalized spacial score (nSPS) is 20.2. The van der Waals surface area contributed by atoms with Crippen molar-refractivity contribution in [3.8, 4) is 5.75 Å². The number of nitrogens with one attached hydrogen (secondary N) is 1. The van der Waals surface area contributed by atoms with Gasteiger partial charge in [0.15, 0.2) is 16.4 Å². The zero-order chi connectivity index (χ0) is 15.5. The van der Waals surface area contributed by atoms with Crippen molar-refractivity contribution in [2.45, 2.75) is 25.8 Å². The highest BCUT2D eigenvalue weighted by atomic mass is 35.5. The number of rotatable bonds is 5. The van der Waals surface area contributed by atoms with E-state index in [1.165, 1.54) is 0 Å². The lowest BCUT2D eigenvalue weighted by molar-refractivity contribution is -0.123. The lowest BCUT2D eigenvalue weighted by atomic mass is 10.1. The van der Waals surface area contributed by atoms with Crippen molar-refractivity contribution in [3.63, 3.8) is 0 Å². The van der Waals surface area contributed by atoms with Crippen LogP contribution in [-0.4, -0.2) is 38.5 Å². The maximum Gasteiger partial charge on any atom is 0.258 e. The fourth-order valence-corrected chi connectivity index (χ4v) is 4.16. The predicted molar refractivity (Wildman–Crippen MR) is 81.5 cm³/mol. The third-order valence-electron chi connectivity index (χ3n) is 3.37. The summed E-state index contributed by atoms with van der Waals surface area (Å²) in [5.74, 6) is 0.408. The van der Waals surface area contributed by atoms with Gasteiger partial charge in [0.2, 0.25) is 0 Å². The Labute approximate surface area is 129 Å². The third kappa shape index (κ3) is 4.61. The molecule has 1 aromatic rings. The maximum atomic E-state index is 11.7. The summed E-state index contributed by atoms with van der Waals surface area (Å²) in [5, 5.41) is 3.35. The molecule has 21 heavy (non-hydrogen) atoms. The number of hydrogen-bond acceptors (Lipinski definition) is 4. The number of hydrogen-bond donors (Lipinski definition) is 1. The molecule has 1 heterocycles. The zero-order valence-electron chi connectivity index (χ0n) is 11.8. The van der Waals surface area contributed by atoms with Crippen molar-refractivity contribution in [2.75, 3.05) is 18.1 Å². The minimum absolute atomic E-state index is 0.0136. The molecule has 1 unspecified atom stereocenters. The van der Waals surface area contributed by atoms with E-state index in [0.717, 1.165) is 12.0 Å². The van der Waals surface area contributed by atoms with Crippen LogP contribution in [0.5, 0.6) is 5.75 Å². The van der Waals surface area contributed by atoms with Crippen LogP contribution in [0.1, 0.15) is 18.9 Å². The summed E-state index contributed by atoms with van der Waals surface area (Å²) < 4.78 is 28.0. The van der Waals surface area contributed by atoms with Gasteiger partial charge in [0, 0.05) is 11.1 Å². The summed E-state index contributed by atoms with van der Waals surface area (Å²) in [7, 11) is -2.99. The number of aryl methyl sites for hydroxylation is 1. The highest BCUT2D eigenvalue weighted by Gasteiger charge is 2.28. The highest BCUT2D eigenvalue weighted by Crippen LogP contribution is 2.22. The van der Waals surface area contributed by atoms with Crippen molar-refractivity contribution in [1.82, 2.24) is 5.32 Å². The second kappa shape index (κ2) is 6.66. The van der Waals surface area contributed by atoms with Gasteiger partial charge < -0.3 is 10.1 Å². The highest BCUT2D eigenvalue weighted by molar-refractivity contribution is 7.91. The van der Waals surface area contributed by atoms with Gasteiger partial charge in [0.1, 0.15) is 5.75 Å². The first-order valence-electron chi connectivity index (χ1n) is 6.80. The summed E-state index contributed by atoms with van der Waals surface area (Å²) in [4.78, 5) is 11.7. The van der Waals surface area contributed by atoms with E-state index in [9.17, 15) is 13.2 Å². The molecule has 5 nitrogen and oxygen atoms in total. The molecule has 0 radical (unpaired) electrons. The van der Waals surface area contributed by atoms with Crippen LogP contribution in [0.2, 0.25) is 5.02 Å². The predicted octanol–water partition coefficient (Wildman–Crippen LogP) is 1.58. The molecule has 1 fully saturated rings. The van der Waals surface area contributed by atoms with Gasteiger partial charge in [-0.3, -0.25) is 4.79 Å². The van der Waals surface area contributed by atoms with E-state index in [4.69, 9.17) is 16.3 Å². The van der Waals surface area contributed by atoms with Crippen LogP contribution >= 0.6 is 11.6 Å². The van der Waals surface area contributed by atoms with Crippen LogP contribution < -0.4 is 10.1 Å². The number of sulfone groups is 1. The molecule has 0 aliphatic carbocycles. The van der Waals surface area contributed by atoms with Crippen molar-refractivity contribution >= 4 is 27.3 Å². The number of halogens is 1. The van der Waals surface area contributed by atoms with E-state index < -0.39 is 9.84 Å². The smallest absolute Gasteiger partial charge is 0.258 e. The zero-order valence-corrected chi connectivity index (χ0v) is 13.3. The van der Waals surface area contributed by atoms with E-state index in [-0.39, 0.29) is 30.1 Å². The average Bonchev–Trinajstić information content (AvgIpc) is 2.77. The fraction of sp³-hybridized carbons (Fsp3) is 0.500. The summed E-state index contributed by atoms with van der Waals surface area (Å²) >= 11 is 6.01. The Morgan fingerprint density at radius 3 is 2.86 bits per heavy atom. The first kappa shape index (κ1) is 16.1. The molecule has 1 N–H and O–H groups in total. The second-order valence-corrected chi connectivity index (χ2v) is 7.70. The molecule has 1 atom stereocenters. The standard InChI is InChI=1S/C14H18ClNO4S/c1-2-10-7-12(3-4-13(10)15)20-8-14(17)16-11-5-6-21(18,19)9-11/h3-4,7,11H,2,5-6,8-9H2,1H3,(H,16,17). The van der Waals surface area contributed by atoms with E-state index >= 15 is 0 Å². The maximum absolute atomic E-state index is 11.7. The Morgan fingerprint density at radius 2 is 2.24 bits per heavy atom. The molecule has 0 bridgehead atoms. The van der Waals surface area contributed by atoms with E-state index in [1.807, 2.05) is 6.92 Å². The SMILES string of the molecule is CCc1cc(OCC(=O)NC2CCS(=O)(=O)C2)ccc1Cl. The van der Waals surface area contributed by atoms with Crippen molar-refractivity contribution in [2.24, 2.45) is 0 Å². The van der Waals surface area contributed by atoms with Crippen LogP contribution in [0, 0.1) is 0 Å². The number of carbonyl (C=O) groups is 1. The van der Waals surface area contributed by atoms with Gasteiger partial charge in [0.25, 0.3) is 5.91 Å². The lowest BCUT2D eigenvalue weighted by Gasteiger charge is -2.12. The lowest BCUT2D eigenvalue weighted by Crippen LogP contribution is -2.38. The largest absolute Gasteiger partial charge is 0.484 e. The molecule has 1 saturated heterocycles. The summed E-state index contributed by atoms with van der Waals surface area (Å²) in [6, 6.07) is 4.93. The minimum atomic E-state index is -2.99. The Kier molecular flexibility index (Phi) is 5.11. The van der Waals surface area contributed by atoms with E-state index in [1.54, 1.807) is 18.2 Å². The molecule has 1 amide bonds. The molecule has 2 rings (SSSR count). The summed E-state index contributed by atoms with van der Waals surface area (Å²) in [5.41, 5.74) is 0.955. The van der Waals surface area contributed by atoms with Crippen LogP contribution in [-0.2, 0) is 21.1 Å². The first-order chi connectivity index (χ1) is 9.89. The van der Waals surface area contributed by atoms with E-state index in [0.29, 0.717) is 17.2 Å². The Bertz CT molecular complexity index is 630. The summed E-state index contributed by atoms with van der Waals surface area (Å²) in [6.07, 6.45) is 1.25. The van der Waals surface area contributed by atoms with Crippen molar-refractivity contribution < 1.29 is 17.9 Å². The Morgan fingerprint density at radius 1 is 1.48 bits per heavy atom. The van der Waals surface area contributed by atoms with Gasteiger partial charge in [-0.2, -0.15) is 0 Å². The average molecular weight is 332 g/mol. The van der Waals surface area contributed by atoms with Crippen LogP contribution in [0.4, 0.5) is 0 Å². The molecule has 116 valence electrons. The molecule has 1 aromatic carbocycles. The Hall–Kier alpha value is -1.27. The first-order valence-corrected chi connectivity index (χ1v) is 9.00. The molecule has 1 aliphatic rings. The van der Waals surface area contributed by atoms with E-state index in [2.05, 4.69) is 5.32 Å². The Balaban J connectivity index is 1.84. The number of ether oxygens (including phenoxy) is 1. The van der Waals surface area contributed by atoms with Crippen LogP contribution in [0.25, 0.3) is 0 Å². The molecule has 0 aromatic heterocycles. The van der Waals surface area contributed by atoms with Crippen molar-refractivity contribution in [3.05, 3.63) is 28.8 Å². The third-order valence-corrected chi connectivity index (χ3v) is 5.50. The minimum Gasteiger partial charge on any atom is -0.484 e. The quantitative estimate of drug-likeness (QED) is 0.889. The molecule has 1 aliphatic heterocycles. The fourth-order valence-electron chi connectivity index (χ4n) is 2.24. The number of amides is 1. The molecule has 0 saturated carbocycles. The molecule has 7 heteroatoms. The monoisotopic (exact) mass is 331 g/mol. The summed E-state index contributed by atoms with van der Waals surface area (Å²) in [6.45, 7) is 1.85. The van der Waals surface area contributed by atoms with Gasteiger partial charge >= 0.3 is 0 Å². The van der Waals surface area contributed by atoms with Gasteiger partial charge in [0.05, 0.1) is 11.5 Å². The van der Waals surface area contributed by atoms with Gasteiger partial charge in [-0.1, -0.05) is 18.5 Å². The number of carbonyl (C=O) groups excluding carboxylic acids is 1. The van der Waals surface area contributed by atoms with Crippen molar-refractivity contribution in [1.29, 1.82) is 0 Å². The van der Waals surface area contributed by atoms with Crippen LogP contribution in [0.15, 0.2) is 18.2 Å².